The Hall–Kier alpha value is -2.41. The second-order valence-electron chi connectivity index (χ2n) is 7.64. The lowest BCUT2D eigenvalue weighted by molar-refractivity contribution is -0.120. The number of rotatable bonds is 4. The quantitative estimate of drug-likeness (QED) is 0.628. The van der Waals surface area contributed by atoms with Gasteiger partial charge in [0, 0.05) is 29.7 Å². The number of carbonyl (C=O) groups excluding carboxylic acids is 1. The Morgan fingerprint density at radius 2 is 1.70 bits per heavy atom. The van der Waals surface area contributed by atoms with Crippen molar-refractivity contribution in [3.63, 3.8) is 0 Å². The van der Waals surface area contributed by atoms with Crippen LogP contribution < -0.4 is 5.32 Å². The van der Waals surface area contributed by atoms with Crippen LogP contribution in [0.5, 0.6) is 0 Å². The highest BCUT2D eigenvalue weighted by molar-refractivity contribution is 7.89. The van der Waals surface area contributed by atoms with E-state index in [4.69, 9.17) is 11.6 Å². The molecule has 1 fully saturated rings. The zero-order valence-electron chi connectivity index (χ0n) is 16.6. The van der Waals surface area contributed by atoms with E-state index in [1.54, 1.807) is 18.2 Å². The molecule has 5 nitrogen and oxygen atoms in total. The fraction of sp³-hybridized carbons (Fsp3) is 0.261. The number of halogens is 1. The number of carbonyl (C=O) groups is 1. The van der Waals surface area contributed by atoms with Gasteiger partial charge in [-0.25, -0.2) is 8.42 Å². The minimum absolute atomic E-state index is 0.0994. The van der Waals surface area contributed by atoms with Crippen LogP contribution in [0.1, 0.15) is 18.4 Å². The van der Waals surface area contributed by atoms with Crippen LogP contribution in [0, 0.1) is 12.8 Å². The zero-order chi connectivity index (χ0) is 21.3. The molecule has 1 aliphatic rings. The largest absolute Gasteiger partial charge is 0.326 e. The summed E-state index contributed by atoms with van der Waals surface area (Å²) in [7, 11) is -3.59. The highest BCUT2D eigenvalue weighted by Gasteiger charge is 2.32. The van der Waals surface area contributed by atoms with Gasteiger partial charge >= 0.3 is 0 Å². The first kappa shape index (κ1) is 20.8. The van der Waals surface area contributed by atoms with Gasteiger partial charge in [-0.2, -0.15) is 4.31 Å². The summed E-state index contributed by atoms with van der Waals surface area (Å²) in [5.74, 6) is -0.328. The Morgan fingerprint density at radius 3 is 2.40 bits per heavy atom. The second kappa shape index (κ2) is 8.38. The minimum atomic E-state index is -3.59. The molecule has 0 atom stereocenters. The molecule has 0 aromatic heterocycles. The average Bonchev–Trinajstić information content (AvgIpc) is 2.76. The highest BCUT2D eigenvalue weighted by Crippen LogP contribution is 2.27. The lowest BCUT2D eigenvalue weighted by Gasteiger charge is -2.30. The van der Waals surface area contributed by atoms with Gasteiger partial charge in [-0.3, -0.25) is 4.79 Å². The molecule has 1 N–H and O–H groups in total. The van der Waals surface area contributed by atoms with E-state index in [0.717, 1.165) is 16.3 Å². The van der Waals surface area contributed by atoms with Crippen molar-refractivity contribution in [1.29, 1.82) is 0 Å². The molecule has 1 heterocycles. The zero-order valence-corrected chi connectivity index (χ0v) is 18.2. The van der Waals surface area contributed by atoms with Crippen LogP contribution in [-0.2, 0) is 14.8 Å². The summed E-state index contributed by atoms with van der Waals surface area (Å²) in [6.45, 7) is 2.55. The summed E-state index contributed by atoms with van der Waals surface area (Å²) in [5, 5.41) is 5.39. The van der Waals surface area contributed by atoms with Gasteiger partial charge in [0.15, 0.2) is 0 Å². The fourth-order valence-electron chi connectivity index (χ4n) is 3.75. The SMILES string of the molecule is Cc1ccc(NC(=O)C2CCN(S(=O)(=O)c3ccc4ccccc4c3)CC2)cc1Cl. The molecular formula is C23H23ClN2O3S. The van der Waals surface area contributed by atoms with Crippen molar-refractivity contribution >= 4 is 44.0 Å². The number of fused-ring (bicyclic) bond motifs is 1. The van der Waals surface area contributed by atoms with Crippen molar-refractivity contribution in [2.45, 2.75) is 24.7 Å². The van der Waals surface area contributed by atoms with Gasteiger partial charge in [-0.05, 0) is 60.4 Å². The summed E-state index contributed by atoms with van der Waals surface area (Å²) in [6, 6.07) is 18.3. The van der Waals surface area contributed by atoms with Crippen LogP contribution in [0.3, 0.4) is 0 Å². The predicted octanol–water partition coefficient (Wildman–Crippen LogP) is 4.84. The summed E-state index contributed by atoms with van der Waals surface area (Å²) in [6.07, 6.45) is 0.969. The van der Waals surface area contributed by atoms with Gasteiger partial charge in [0.05, 0.1) is 4.90 Å². The van der Waals surface area contributed by atoms with E-state index in [1.807, 2.05) is 49.4 Å². The summed E-state index contributed by atoms with van der Waals surface area (Å²) in [5.41, 5.74) is 1.60. The molecule has 1 amide bonds. The first-order valence-electron chi connectivity index (χ1n) is 9.90. The van der Waals surface area contributed by atoms with Crippen molar-refractivity contribution in [1.82, 2.24) is 4.31 Å². The molecule has 1 aliphatic heterocycles. The van der Waals surface area contributed by atoms with Crippen molar-refractivity contribution < 1.29 is 13.2 Å². The number of aryl methyl sites for hydroxylation is 1. The van der Waals surface area contributed by atoms with Crippen LogP contribution >= 0.6 is 11.6 Å². The molecule has 1 saturated heterocycles. The van der Waals surface area contributed by atoms with Gasteiger partial charge in [0.2, 0.25) is 15.9 Å². The first-order valence-corrected chi connectivity index (χ1v) is 11.7. The Balaban J connectivity index is 1.42. The number of anilines is 1. The van der Waals surface area contributed by atoms with Gasteiger partial charge in [0.25, 0.3) is 0 Å². The van der Waals surface area contributed by atoms with E-state index in [2.05, 4.69) is 5.32 Å². The molecule has 4 rings (SSSR count). The molecule has 0 radical (unpaired) electrons. The number of nitrogens with zero attached hydrogens (tertiary/aromatic N) is 1. The number of hydrogen-bond donors (Lipinski definition) is 1. The van der Waals surface area contributed by atoms with E-state index >= 15 is 0 Å². The maximum absolute atomic E-state index is 13.1. The number of nitrogens with one attached hydrogen (secondary N) is 1. The number of hydrogen-bond acceptors (Lipinski definition) is 3. The van der Waals surface area contributed by atoms with Crippen LogP contribution in [-0.4, -0.2) is 31.7 Å². The smallest absolute Gasteiger partial charge is 0.243 e. The number of sulfonamides is 1. The van der Waals surface area contributed by atoms with E-state index in [0.29, 0.717) is 41.5 Å². The molecule has 0 saturated carbocycles. The van der Waals surface area contributed by atoms with Crippen LogP contribution in [0.15, 0.2) is 65.6 Å². The van der Waals surface area contributed by atoms with Crippen molar-refractivity contribution in [3.05, 3.63) is 71.2 Å². The number of piperidine rings is 1. The van der Waals surface area contributed by atoms with E-state index < -0.39 is 10.0 Å². The van der Waals surface area contributed by atoms with E-state index in [-0.39, 0.29) is 11.8 Å². The van der Waals surface area contributed by atoms with Gasteiger partial charge in [-0.1, -0.05) is 48.0 Å². The van der Waals surface area contributed by atoms with Crippen molar-refractivity contribution in [2.24, 2.45) is 5.92 Å². The molecular weight excluding hydrogens is 420 g/mol. The molecule has 0 spiro atoms. The highest BCUT2D eigenvalue weighted by atomic mass is 35.5. The molecule has 0 bridgehead atoms. The number of amides is 1. The standard InChI is InChI=1S/C23H23ClN2O3S/c1-16-6-8-20(15-22(16)24)25-23(27)18-10-12-26(13-11-18)30(28,29)21-9-7-17-4-2-3-5-19(17)14-21/h2-9,14-15,18H,10-13H2,1H3,(H,25,27). The Bertz CT molecular complexity index is 1200. The third-order valence-corrected chi connectivity index (χ3v) is 7.92. The van der Waals surface area contributed by atoms with Crippen LogP contribution in [0.2, 0.25) is 5.02 Å². The maximum Gasteiger partial charge on any atom is 0.243 e. The van der Waals surface area contributed by atoms with E-state index in [1.165, 1.54) is 4.31 Å². The molecule has 156 valence electrons. The van der Waals surface area contributed by atoms with Crippen molar-refractivity contribution in [2.75, 3.05) is 18.4 Å². The molecule has 0 unspecified atom stereocenters. The van der Waals surface area contributed by atoms with Crippen LogP contribution in [0.25, 0.3) is 10.8 Å². The Kier molecular flexibility index (Phi) is 5.82. The topological polar surface area (TPSA) is 66.5 Å². The third-order valence-electron chi connectivity index (χ3n) is 5.62. The fourth-order valence-corrected chi connectivity index (χ4v) is 5.44. The predicted molar refractivity (Wildman–Crippen MR) is 120 cm³/mol. The molecule has 30 heavy (non-hydrogen) atoms. The Labute approximate surface area is 181 Å². The van der Waals surface area contributed by atoms with Crippen LogP contribution in [0.4, 0.5) is 5.69 Å². The minimum Gasteiger partial charge on any atom is -0.326 e. The summed E-state index contributed by atoms with van der Waals surface area (Å²) < 4.78 is 27.6. The first-order chi connectivity index (χ1) is 14.3. The number of benzene rings is 3. The van der Waals surface area contributed by atoms with Gasteiger partial charge in [-0.15, -0.1) is 0 Å². The molecule has 7 heteroatoms. The Morgan fingerprint density at radius 1 is 1.00 bits per heavy atom. The monoisotopic (exact) mass is 442 g/mol. The van der Waals surface area contributed by atoms with Gasteiger partial charge < -0.3 is 5.32 Å². The molecule has 3 aromatic rings. The second-order valence-corrected chi connectivity index (χ2v) is 9.99. The molecule has 0 aliphatic carbocycles. The lowest BCUT2D eigenvalue weighted by atomic mass is 9.97. The van der Waals surface area contributed by atoms with Gasteiger partial charge in [0.1, 0.15) is 0 Å². The van der Waals surface area contributed by atoms with Crippen molar-refractivity contribution in [3.8, 4) is 0 Å². The lowest BCUT2D eigenvalue weighted by Crippen LogP contribution is -2.41. The normalized spacial score (nSPS) is 15.9. The summed E-state index contributed by atoms with van der Waals surface area (Å²) in [4.78, 5) is 12.9. The third kappa shape index (κ3) is 4.21. The van der Waals surface area contributed by atoms with E-state index in [9.17, 15) is 13.2 Å². The summed E-state index contributed by atoms with van der Waals surface area (Å²) >= 11 is 6.12. The average molecular weight is 443 g/mol. The molecule has 3 aromatic carbocycles. The maximum atomic E-state index is 13.1.